The van der Waals surface area contributed by atoms with Crippen molar-refractivity contribution in [2.24, 2.45) is 0 Å². The van der Waals surface area contributed by atoms with Gasteiger partial charge in [0.2, 0.25) is 0 Å². The predicted octanol–water partition coefficient (Wildman–Crippen LogP) is 5.57. The van der Waals surface area contributed by atoms with Gasteiger partial charge in [-0.15, -0.1) is 0 Å². The molecular formula is C28H23BrN2O5. The number of para-hydroxylation sites is 2. The molecule has 5 rings (SSSR count). The average molecular weight is 547 g/mol. The number of fused-ring (bicyclic) bond motifs is 1. The van der Waals surface area contributed by atoms with E-state index in [0.29, 0.717) is 27.1 Å². The summed E-state index contributed by atoms with van der Waals surface area (Å²) in [5, 5.41) is 12.3. The fourth-order valence-corrected chi connectivity index (χ4v) is 5.21. The molecule has 0 spiro atoms. The number of rotatable bonds is 6. The standard InChI is InChI=1S/C28H23BrN2O5/c1-35-22-10-6-3-7-17(22)15-31-25(19-14-30-21-9-5-4-8-18(19)21)24(27(33)28(31)34)26(32)16-11-12-23(36-2)20(29)13-16/h3-14,25,30,32H,15H2,1-2H3/b26-24+. The summed E-state index contributed by atoms with van der Waals surface area (Å²) in [7, 11) is 3.10. The highest BCUT2D eigenvalue weighted by Crippen LogP contribution is 2.43. The van der Waals surface area contributed by atoms with Gasteiger partial charge in [0.1, 0.15) is 17.3 Å². The van der Waals surface area contributed by atoms with Gasteiger partial charge in [-0.1, -0.05) is 36.4 Å². The van der Waals surface area contributed by atoms with Crippen LogP contribution >= 0.6 is 15.9 Å². The van der Waals surface area contributed by atoms with Crippen molar-refractivity contribution in [1.29, 1.82) is 0 Å². The molecule has 7 nitrogen and oxygen atoms in total. The predicted molar refractivity (Wildman–Crippen MR) is 140 cm³/mol. The van der Waals surface area contributed by atoms with Crippen molar-refractivity contribution in [3.8, 4) is 11.5 Å². The number of aromatic nitrogens is 1. The first-order valence-electron chi connectivity index (χ1n) is 11.2. The normalized spacial score (nSPS) is 17.1. The highest BCUT2D eigenvalue weighted by atomic mass is 79.9. The van der Waals surface area contributed by atoms with Crippen LogP contribution in [0.5, 0.6) is 11.5 Å². The number of likely N-dealkylation sites (tertiary alicyclic amines) is 1. The lowest BCUT2D eigenvalue weighted by Crippen LogP contribution is -2.29. The number of aromatic amines is 1. The molecule has 182 valence electrons. The second-order valence-electron chi connectivity index (χ2n) is 8.38. The molecule has 1 aliphatic heterocycles. The zero-order valence-electron chi connectivity index (χ0n) is 19.6. The van der Waals surface area contributed by atoms with Gasteiger partial charge < -0.3 is 24.5 Å². The van der Waals surface area contributed by atoms with E-state index in [0.717, 1.165) is 16.5 Å². The third-order valence-corrected chi connectivity index (χ3v) is 7.03. The van der Waals surface area contributed by atoms with E-state index < -0.39 is 17.7 Å². The molecule has 1 aromatic heterocycles. The zero-order valence-corrected chi connectivity index (χ0v) is 21.2. The third kappa shape index (κ3) is 3.93. The van der Waals surface area contributed by atoms with Crippen LogP contribution < -0.4 is 9.47 Å². The van der Waals surface area contributed by atoms with Crippen LogP contribution in [0.25, 0.3) is 16.7 Å². The quantitative estimate of drug-likeness (QED) is 0.187. The number of aliphatic hydroxyl groups excluding tert-OH is 1. The van der Waals surface area contributed by atoms with E-state index in [-0.39, 0.29) is 17.9 Å². The van der Waals surface area contributed by atoms with E-state index in [2.05, 4.69) is 20.9 Å². The lowest BCUT2D eigenvalue weighted by atomic mass is 9.94. The molecule has 0 radical (unpaired) electrons. The van der Waals surface area contributed by atoms with Crippen molar-refractivity contribution >= 4 is 44.3 Å². The van der Waals surface area contributed by atoms with Gasteiger partial charge in [-0.3, -0.25) is 9.59 Å². The van der Waals surface area contributed by atoms with Crippen molar-refractivity contribution in [3.63, 3.8) is 0 Å². The maximum absolute atomic E-state index is 13.4. The number of hydrogen-bond donors (Lipinski definition) is 2. The van der Waals surface area contributed by atoms with Gasteiger partial charge in [0, 0.05) is 33.8 Å². The molecule has 36 heavy (non-hydrogen) atoms. The Morgan fingerprint density at radius 2 is 1.72 bits per heavy atom. The number of aliphatic hydroxyl groups is 1. The maximum atomic E-state index is 13.4. The number of Topliss-reactive ketones (excluding diaryl/α,β-unsaturated/α-hetero) is 1. The molecule has 4 aromatic rings. The first kappa shape index (κ1) is 23.7. The molecular weight excluding hydrogens is 524 g/mol. The molecule has 3 aromatic carbocycles. The highest BCUT2D eigenvalue weighted by Gasteiger charge is 2.47. The Morgan fingerprint density at radius 1 is 1.00 bits per heavy atom. The van der Waals surface area contributed by atoms with Crippen molar-refractivity contribution < 1.29 is 24.2 Å². The van der Waals surface area contributed by atoms with Crippen LogP contribution in [0.1, 0.15) is 22.7 Å². The number of amides is 1. The smallest absolute Gasteiger partial charge is 0.295 e. The van der Waals surface area contributed by atoms with Crippen LogP contribution in [-0.2, 0) is 16.1 Å². The number of ether oxygens (including phenoxy) is 2. The van der Waals surface area contributed by atoms with Crippen LogP contribution in [0, 0.1) is 0 Å². The van der Waals surface area contributed by atoms with Crippen molar-refractivity contribution in [2.75, 3.05) is 14.2 Å². The molecule has 1 atom stereocenters. The molecule has 2 heterocycles. The number of hydrogen-bond acceptors (Lipinski definition) is 5. The molecule has 1 unspecified atom stereocenters. The van der Waals surface area contributed by atoms with Gasteiger partial charge in [0.25, 0.3) is 11.7 Å². The number of halogens is 1. The molecule has 1 amide bonds. The summed E-state index contributed by atoms with van der Waals surface area (Å²) in [6.45, 7) is 0.127. The molecule has 1 aliphatic rings. The van der Waals surface area contributed by atoms with Gasteiger partial charge in [-0.25, -0.2) is 0 Å². The number of methoxy groups -OCH3 is 2. The number of nitrogens with one attached hydrogen (secondary N) is 1. The Morgan fingerprint density at radius 3 is 2.47 bits per heavy atom. The summed E-state index contributed by atoms with van der Waals surface area (Å²) in [5.74, 6) is -0.503. The van der Waals surface area contributed by atoms with Crippen LogP contribution in [0.15, 0.2) is 83.0 Å². The van der Waals surface area contributed by atoms with Crippen LogP contribution in [-0.4, -0.2) is 40.9 Å². The molecule has 1 saturated heterocycles. The Balaban J connectivity index is 1.71. The Bertz CT molecular complexity index is 1520. The Hall–Kier alpha value is -4.04. The number of benzene rings is 3. The van der Waals surface area contributed by atoms with Crippen LogP contribution in [0.4, 0.5) is 0 Å². The number of carbonyl (C=O) groups excluding carboxylic acids is 2. The lowest BCUT2D eigenvalue weighted by Gasteiger charge is -2.25. The van der Waals surface area contributed by atoms with Gasteiger partial charge in [-0.2, -0.15) is 0 Å². The van der Waals surface area contributed by atoms with Crippen molar-refractivity contribution in [1.82, 2.24) is 9.88 Å². The minimum atomic E-state index is -0.813. The van der Waals surface area contributed by atoms with E-state index in [1.807, 2.05) is 48.5 Å². The summed E-state index contributed by atoms with van der Waals surface area (Å²) >= 11 is 3.43. The van der Waals surface area contributed by atoms with E-state index in [1.165, 1.54) is 4.90 Å². The Kier molecular flexibility index (Phi) is 6.28. The van der Waals surface area contributed by atoms with Gasteiger partial charge in [-0.05, 0) is 46.3 Å². The summed E-state index contributed by atoms with van der Waals surface area (Å²) < 4.78 is 11.4. The van der Waals surface area contributed by atoms with E-state index in [4.69, 9.17) is 9.47 Å². The van der Waals surface area contributed by atoms with E-state index >= 15 is 0 Å². The number of nitrogens with zero attached hydrogens (tertiary/aromatic N) is 1. The van der Waals surface area contributed by atoms with Crippen molar-refractivity contribution in [3.05, 3.63) is 99.7 Å². The summed E-state index contributed by atoms with van der Waals surface area (Å²) in [6.07, 6.45) is 1.79. The minimum absolute atomic E-state index is 0.0247. The largest absolute Gasteiger partial charge is 0.507 e. The zero-order chi connectivity index (χ0) is 25.4. The molecule has 2 N–H and O–H groups in total. The number of ketones is 1. The fourth-order valence-electron chi connectivity index (χ4n) is 4.67. The molecule has 0 aliphatic carbocycles. The van der Waals surface area contributed by atoms with Crippen LogP contribution in [0.3, 0.4) is 0 Å². The van der Waals surface area contributed by atoms with Crippen molar-refractivity contribution in [2.45, 2.75) is 12.6 Å². The topological polar surface area (TPSA) is 91.9 Å². The van der Waals surface area contributed by atoms with E-state index in [1.54, 1.807) is 38.6 Å². The molecule has 0 saturated carbocycles. The molecule has 0 bridgehead atoms. The second-order valence-corrected chi connectivity index (χ2v) is 9.23. The lowest BCUT2D eigenvalue weighted by molar-refractivity contribution is -0.140. The van der Waals surface area contributed by atoms with E-state index in [9.17, 15) is 14.7 Å². The molecule has 1 fully saturated rings. The van der Waals surface area contributed by atoms with Gasteiger partial charge in [0.05, 0.1) is 36.9 Å². The van der Waals surface area contributed by atoms with Gasteiger partial charge in [0.15, 0.2) is 0 Å². The summed E-state index contributed by atoms with van der Waals surface area (Å²) in [4.78, 5) is 31.6. The SMILES string of the molecule is COc1ccc(/C(O)=C2\C(=O)C(=O)N(Cc3ccccc3OC)C2c2c[nH]c3ccccc23)cc1Br. The fraction of sp³-hybridized carbons (Fsp3) is 0.143. The summed E-state index contributed by atoms with van der Waals surface area (Å²) in [5.41, 5.74) is 2.75. The minimum Gasteiger partial charge on any atom is -0.507 e. The number of carbonyl (C=O) groups is 2. The van der Waals surface area contributed by atoms with Gasteiger partial charge >= 0.3 is 0 Å². The summed E-state index contributed by atoms with van der Waals surface area (Å²) in [6, 6.07) is 19.2. The second kappa shape index (κ2) is 9.54. The maximum Gasteiger partial charge on any atom is 0.295 e. The monoisotopic (exact) mass is 546 g/mol. The van der Waals surface area contributed by atoms with Crippen LogP contribution in [0.2, 0.25) is 0 Å². The number of H-pyrrole nitrogens is 1. The Labute approximate surface area is 216 Å². The average Bonchev–Trinajstić information content (AvgIpc) is 3.43. The molecule has 8 heteroatoms. The first-order valence-corrected chi connectivity index (χ1v) is 12.0. The first-order chi connectivity index (χ1) is 17.4. The third-order valence-electron chi connectivity index (χ3n) is 6.41. The highest BCUT2D eigenvalue weighted by molar-refractivity contribution is 9.10.